The van der Waals surface area contributed by atoms with Gasteiger partial charge in [0.15, 0.2) is 5.78 Å². The van der Waals surface area contributed by atoms with Crippen LogP contribution in [0.3, 0.4) is 0 Å². The maximum Gasteiger partial charge on any atom is 0.328 e. The number of hydrogen-bond donors (Lipinski definition) is 1. The van der Waals surface area contributed by atoms with E-state index in [4.69, 9.17) is 0 Å². The van der Waals surface area contributed by atoms with Crippen LogP contribution in [0.5, 0.6) is 0 Å². The molecule has 0 bridgehead atoms. The monoisotopic (exact) mass is 286 g/mol. The normalized spacial score (nSPS) is 19.7. The van der Waals surface area contributed by atoms with Gasteiger partial charge in [-0.3, -0.25) is 14.2 Å². The largest absolute Gasteiger partial charge is 0.328 e. The molecule has 0 aliphatic carbocycles. The van der Waals surface area contributed by atoms with Gasteiger partial charge in [-0.15, -0.1) is 0 Å². The van der Waals surface area contributed by atoms with Crippen molar-refractivity contribution in [2.45, 2.75) is 18.7 Å². The Labute approximate surface area is 112 Å². The van der Waals surface area contributed by atoms with Gasteiger partial charge in [0.1, 0.15) is 0 Å². The van der Waals surface area contributed by atoms with Gasteiger partial charge in [-0.05, 0) is 6.92 Å². The van der Waals surface area contributed by atoms with Crippen LogP contribution < -0.4 is 11.2 Å². The molecule has 1 fully saturated rings. The van der Waals surface area contributed by atoms with Gasteiger partial charge in [-0.2, -0.15) is 23.5 Å². The molecule has 18 heavy (non-hydrogen) atoms. The van der Waals surface area contributed by atoms with Crippen molar-refractivity contribution < 1.29 is 4.79 Å². The van der Waals surface area contributed by atoms with Crippen LogP contribution in [0.25, 0.3) is 0 Å². The van der Waals surface area contributed by atoms with E-state index in [2.05, 4.69) is 4.98 Å². The number of carbonyl (C=O) groups excluding carboxylic acids is 1. The van der Waals surface area contributed by atoms with Crippen LogP contribution in [0.2, 0.25) is 0 Å². The van der Waals surface area contributed by atoms with Crippen molar-refractivity contribution in [2.75, 3.05) is 17.3 Å². The molecule has 1 N–H and O–H groups in total. The zero-order chi connectivity index (χ0) is 13.1. The fraction of sp³-hybridized carbons (Fsp3) is 0.545. The third kappa shape index (κ3) is 2.89. The van der Waals surface area contributed by atoms with Gasteiger partial charge < -0.3 is 4.98 Å². The second-order valence-electron chi connectivity index (χ2n) is 4.05. The average molecular weight is 286 g/mol. The third-order valence-corrected chi connectivity index (χ3v) is 5.54. The van der Waals surface area contributed by atoms with Crippen molar-refractivity contribution in [1.29, 1.82) is 0 Å². The van der Waals surface area contributed by atoms with E-state index >= 15 is 0 Å². The van der Waals surface area contributed by atoms with Crippen molar-refractivity contribution in [2.24, 2.45) is 0 Å². The second kappa shape index (κ2) is 5.79. The van der Waals surface area contributed by atoms with E-state index in [1.54, 1.807) is 11.8 Å². The minimum atomic E-state index is -0.484. The van der Waals surface area contributed by atoms with Gasteiger partial charge in [-0.25, -0.2) is 4.79 Å². The zero-order valence-corrected chi connectivity index (χ0v) is 11.6. The Morgan fingerprint density at radius 1 is 1.50 bits per heavy atom. The zero-order valence-electron chi connectivity index (χ0n) is 9.97. The van der Waals surface area contributed by atoms with Crippen molar-refractivity contribution in [1.82, 2.24) is 9.55 Å². The first kappa shape index (κ1) is 13.5. The molecule has 0 saturated carbocycles. The maximum absolute atomic E-state index is 12.0. The summed E-state index contributed by atoms with van der Waals surface area (Å²) in [7, 11) is 0. The molecule has 7 heteroatoms. The quantitative estimate of drug-likeness (QED) is 0.823. The number of thioether (sulfide) groups is 2. The molecule has 98 valence electrons. The van der Waals surface area contributed by atoms with Gasteiger partial charge in [0.2, 0.25) is 0 Å². The Morgan fingerprint density at radius 2 is 2.28 bits per heavy atom. The summed E-state index contributed by atoms with van der Waals surface area (Å²) in [4.78, 5) is 37.4. The highest BCUT2D eigenvalue weighted by Gasteiger charge is 2.18. The Bertz CT molecular complexity index is 558. The molecule has 1 aromatic heterocycles. The van der Waals surface area contributed by atoms with Gasteiger partial charge in [-0.1, -0.05) is 0 Å². The van der Waals surface area contributed by atoms with Crippen LogP contribution in [-0.2, 0) is 6.54 Å². The number of rotatable bonds is 3. The number of aromatic amines is 1. The summed E-state index contributed by atoms with van der Waals surface area (Å²) in [5.41, 5.74) is -0.883. The van der Waals surface area contributed by atoms with Gasteiger partial charge >= 0.3 is 5.69 Å². The van der Waals surface area contributed by atoms with Crippen molar-refractivity contribution in [3.05, 3.63) is 32.6 Å². The number of aromatic nitrogens is 2. The number of hydrogen-bond acceptors (Lipinski definition) is 5. The number of ketones is 1. The molecule has 1 saturated heterocycles. The Morgan fingerprint density at radius 3 is 2.89 bits per heavy atom. The van der Waals surface area contributed by atoms with E-state index in [0.29, 0.717) is 6.54 Å². The topological polar surface area (TPSA) is 71.9 Å². The highest BCUT2D eigenvalue weighted by Crippen LogP contribution is 2.24. The minimum absolute atomic E-state index is 0.0445. The van der Waals surface area contributed by atoms with E-state index < -0.39 is 11.2 Å². The molecule has 2 heterocycles. The molecule has 1 unspecified atom stereocenters. The summed E-state index contributed by atoms with van der Waals surface area (Å²) in [6, 6.07) is 0. The first-order valence-electron chi connectivity index (χ1n) is 5.62. The fourth-order valence-corrected chi connectivity index (χ4v) is 4.43. The summed E-state index contributed by atoms with van der Waals surface area (Å²) in [5.74, 6) is 2.76. The smallest absolute Gasteiger partial charge is 0.313 e. The van der Waals surface area contributed by atoms with Gasteiger partial charge in [0.25, 0.3) is 5.56 Å². The predicted octanol–water partition coefficient (Wildman–Crippen LogP) is 0.588. The lowest BCUT2D eigenvalue weighted by molar-refractivity contribution is 0.101. The summed E-state index contributed by atoms with van der Waals surface area (Å²) in [5, 5.41) is 0.254. The Hall–Kier alpha value is -0.950. The fourth-order valence-electron chi connectivity index (χ4n) is 1.77. The molecule has 5 nitrogen and oxygen atoms in total. The lowest BCUT2D eigenvalue weighted by Gasteiger charge is -2.21. The lowest BCUT2D eigenvalue weighted by Crippen LogP contribution is -2.40. The van der Waals surface area contributed by atoms with E-state index in [1.165, 1.54) is 13.1 Å². The number of nitrogens with one attached hydrogen (secondary N) is 1. The van der Waals surface area contributed by atoms with Crippen LogP contribution >= 0.6 is 23.5 Å². The van der Waals surface area contributed by atoms with E-state index in [0.717, 1.165) is 21.8 Å². The number of H-pyrrole nitrogens is 1. The van der Waals surface area contributed by atoms with Crippen LogP contribution in [0.15, 0.2) is 15.8 Å². The highest BCUT2D eigenvalue weighted by molar-refractivity contribution is 8.06. The Balaban J connectivity index is 2.31. The number of carbonyl (C=O) groups is 1. The molecule has 1 aliphatic rings. The lowest BCUT2D eigenvalue weighted by atomic mass is 10.2. The molecule has 2 rings (SSSR count). The SMILES string of the molecule is CC(=O)c1c[nH]c(=O)n(CC2CSCCS2)c1=O. The standard InChI is InChI=1S/C11H14N2O3S2/c1-7(14)9-4-12-11(16)13(10(9)15)5-8-6-17-2-3-18-8/h4,8H,2-3,5-6H2,1H3,(H,12,16). The molecule has 0 radical (unpaired) electrons. The first-order valence-corrected chi connectivity index (χ1v) is 7.82. The van der Waals surface area contributed by atoms with Crippen molar-refractivity contribution in [3.63, 3.8) is 0 Å². The summed E-state index contributed by atoms with van der Waals surface area (Å²) in [6.45, 7) is 1.69. The van der Waals surface area contributed by atoms with E-state index in [9.17, 15) is 14.4 Å². The van der Waals surface area contributed by atoms with Crippen LogP contribution in [0, 0.1) is 0 Å². The minimum Gasteiger partial charge on any atom is -0.313 e. The molecule has 1 atom stereocenters. The maximum atomic E-state index is 12.0. The summed E-state index contributed by atoms with van der Waals surface area (Å²) < 4.78 is 1.14. The summed E-state index contributed by atoms with van der Waals surface area (Å²) >= 11 is 3.60. The first-order chi connectivity index (χ1) is 8.59. The molecule has 1 aliphatic heterocycles. The third-order valence-electron chi connectivity index (χ3n) is 2.71. The molecular weight excluding hydrogens is 272 g/mol. The number of Topliss-reactive ketones (excluding diaryl/α,β-unsaturated/α-hetero) is 1. The molecule has 0 spiro atoms. The predicted molar refractivity (Wildman–Crippen MR) is 74.9 cm³/mol. The molecule has 0 aromatic carbocycles. The highest BCUT2D eigenvalue weighted by atomic mass is 32.2. The van der Waals surface area contributed by atoms with Crippen LogP contribution in [-0.4, -0.2) is 37.8 Å². The molecule has 0 amide bonds. The Kier molecular flexibility index (Phi) is 4.34. The van der Waals surface area contributed by atoms with Gasteiger partial charge in [0, 0.05) is 35.3 Å². The van der Waals surface area contributed by atoms with Crippen molar-refractivity contribution in [3.8, 4) is 0 Å². The molecular formula is C11H14N2O3S2. The van der Waals surface area contributed by atoms with Crippen LogP contribution in [0.1, 0.15) is 17.3 Å². The van der Waals surface area contributed by atoms with E-state index in [-0.39, 0.29) is 16.6 Å². The molecule has 1 aromatic rings. The summed E-state index contributed by atoms with van der Waals surface area (Å²) in [6.07, 6.45) is 1.20. The second-order valence-corrected chi connectivity index (χ2v) is 6.61. The van der Waals surface area contributed by atoms with Crippen LogP contribution in [0.4, 0.5) is 0 Å². The van der Waals surface area contributed by atoms with Gasteiger partial charge in [0.05, 0.1) is 5.56 Å². The number of nitrogens with zero attached hydrogens (tertiary/aromatic N) is 1. The average Bonchev–Trinajstić information content (AvgIpc) is 2.35. The van der Waals surface area contributed by atoms with E-state index in [1.807, 2.05) is 11.8 Å². The van der Waals surface area contributed by atoms with Crippen molar-refractivity contribution >= 4 is 29.3 Å².